The molecular weight excluding hydrogens is 288 g/mol. The summed E-state index contributed by atoms with van der Waals surface area (Å²) in [5, 5.41) is 0. The minimum absolute atomic E-state index is 0.00938. The number of aryl methyl sites for hydroxylation is 1. The van der Waals surface area contributed by atoms with Gasteiger partial charge in [0, 0.05) is 18.3 Å². The first-order chi connectivity index (χ1) is 9.87. The molecular formula is C15H20N2O3S. The highest BCUT2D eigenvalue weighted by atomic mass is 32.2. The Bertz CT molecular complexity index is 733. The van der Waals surface area contributed by atoms with Crippen LogP contribution >= 0.6 is 0 Å². The standard InChI is InChI=1S/C15H20N2O3S/c1-5-20-13-7-6-12(4)10-14(13)21(18,19)17-9-8-16-15(17)11(2)3/h6-11H,5H2,1-4H3. The Morgan fingerprint density at radius 3 is 2.67 bits per heavy atom. The molecule has 0 radical (unpaired) electrons. The van der Waals surface area contributed by atoms with Crippen molar-refractivity contribution in [2.24, 2.45) is 0 Å². The summed E-state index contributed by atoms with van der Waals surface area (Å²) in [4.78, 5) is 4.32. The monoisotopic (exact) mass is 308 g/mol. The molecule has 21 heavy (non-hydrogen) atoms. The van der Waals surface area contributed by atoms with E-state index in [1.807, 2.05) is 33.8 Å². The largest absolute Gasteiger partial charge is 0.492 e. The van der Waals surface area contributed by atoms with E-state index >= 15 is 0 Å². The third-order valence-corrected chi connectivity index (χ3v) is 4.79. The molecule has 1 heterocycles. The molecule has 1 aromatic carbocycles. The normalized spacial score (nSPS) is 11.9. The van der Waals surface area contributed by atoms with E-state index in [1.165, 1.54) is 16.4 Å². The van der Waals surface area contributed by atoms with Gasteiger partial charge in [-0.1, -0.05) is 19.9 Å². The van der Waals surface area contributed by atoms with E-state index in [0.29, 0.717) is 18.2 Å². The molecule has 0 N–H and O–H groups in total. The lowest BCUT2D eigenvalue weighted by atomic mass is 10.2. The first kappa shape index (κ1) is 15.6. The van der Waals surface area contributed by atoms with Gasteiger partial charge in [-0.2, -0.15) is 0 Å². The molecule has 0 aliphatic rings. The average molecular weight is 308 g/mol. The summed E-state index contributed by atoms with van der Waals surface area (Å²) in [5.41, 5.74) is 0.864. The maximum absolute atomic E-state index is 12.9. The number of hydrogen-bond acceptors (Lipinski definition) is 4. The fourth-order valence-electron chi connectivity index (χ4n) is 2.11. The lowest BCUT2D eigenvalue weighted by Crippen LogP contribution is -2.17. The molecule has 0 saturated carbocycles. The summed E-state index contributed by atoms with van der Waals surface area (Å²) in [6, 6.07) is 5.16. The highest BCUT2D eigenvalue weighted by molar-refractivity contribution is 7.90. The SMILES string of the molecule is CCOc1ccc(C)cc1S(=O)(=O)n1ccnc1C(C)C. The van der Waals surface area contributed by atoms with Crippen LogP contribution in [0.5, 0.6) is 5.75 Å². The smallest absolute Gasteiger partial charge is 0.272 e. The Morgan fingerprint density at radius 1 is 1.33 bits per heavy atom. The van der Waals surface area contributed by atoms with Gasteiger partial charge in [0.05, 0.1) is 6.61 Å². The zero-order valence-corrected chi connectivity index (χ0v) is 13.5. The van der Waals surface area contributed by atoms with Gasteiger partial charge in [0.25, 0.3) is 10.0 Å². The molecule has 1 aromatic heterocycles. The van der Waals surface area contributed by atoms with Gasteiger partial charge in [-0.05, 0) is 31.5 Å². The van der Waals surface area contributed by atoms with Crippen molar-refractivity contribution in [2.75, 3.05) is 6.61 Å². The van der Waals surface area contributed by atoms with Crippen LogP contribution in [0.4, 0.5) is 0 Å². The Kier molecular flexibility index (Phi) is 4.37. The molecule has 0 atom stereocenters. The van der Waals surface area contributed by atoms with Gasteiger partial charge >= 0.3 is 0 Å². The Balaban J connectivity index is 2.64. The van der Waals surface area contributed by atoms with Crippen LogP contribution in [0.25, 0.3) is 0 Å². The van der Waals surface area contributed by atoms with E-state index in [0.717, 1.165) is 5.56 Å². The van der Waals surface area contributed by atoms with Crippen LogP contribution in [0, 0.1) is 6.92 Å². The predicted molar refractivity (Wildman–Crippen MR) is 81.2 cm³/mol. The van der Waals surface area contributed by atoms with Crippen LogP contribution < -0.4 is 4.74 Å². The van der Waals surface area contributed by atoms with Gasteiger partial charge in [0.1, 0.15) is 16.5 Å². The predicted octanol–water partition coefficient (Wildman–Crippen LogP) is 2.95. The molecule has 0 saturated heterocycles. The second kappa shape index (κ2) is 5.89. The number of imidazole rings is 1. The van der Waals surface area contributed by atoms with Crippen LogP contribution in [-0.4, -0.2) is 24.0 Å². The van der Waals surface area contributed by atoms with Crippen molar-refractivity contribution in [3.63, 3.8) is 0 Å². The number of ether oxygens (including phenoxy) is 1. The Labute approximate surface area is 125 Å². The van der Waals surface area contributed by atoms with Gasteiger partial charge in [0.2, 0.25) is 0 Å². The zero-order valence-electron chi connectivity index (χ0n) is 12.7. The van der Waals surface area contributed by atoms with Crippen molar-refractivity contribution < 1.29 is 13.2 Å². The molecule has 0 amide bonds. The summed E-state index contributed by atoms with van der Waals surface area (Å²) in [6.45, 7) is 7.91. The highest BCUT2D eigenvalue weighted by Gasteiger charge is 2.25. The molecule has 114 valence electrons. The van der Waals surface area contributed by atoms with E-state index in [9.17, 15) is 8.42 Å². The molecule has 0 unspecified atom stereocenters. The van der Waals surface area contributed by atoms with Crippen molar-refractivity contribution in [3.8, 4) is 5.75 Å². The molecule has 2 rings (SSSR count). The van der Waals surface area contributed by atoms with E-state index in [1.54, 1.807) is 12.1 Å². The fraction of sp³-hybridized carbons (Fsp3) is 0.400. The first-order valence-electron chi connectivity index (χ1n) is 6.90. The third-order valence-electron chi connectivity index (χ3n) is 3.09. The summed E-state index contributed by atoms with van der Waals surface area (Å²) in [5.74, 6) is 0.889. The lowest BCUT2D eigenvalue weighted by Gasteiger charge is -2.15. The fourth-order valence-corrected chi connectivity index (χ4v) is 3.75. The van der Waals surface area contributed by atoms with Crippen LogP contribution in [0.1, 0.15) is 38.1 Å². The van der Waals surface area contributed by atoms with Gasteiger partial charge in [-0.25, -0.2) is 17.4 Å². The Hall–Kier alpha value is -1.82. The average Bonchev–Trinajstić information content (AvgIpc) is 2.91. The molecule has 0 bridgehead atoms. The van der Waals surface area contributed by atoms with Gasteiger partial charge in [0.15, 0.2) is 0 Å². The summed E-state index contributed by atoms with van der Waals surface area (Å²) in [6.07, 6.45) is 2.98. The summed E-state index contributed by atoms with van der Waals surface area (Å²) in [7, 11) is -3.72. The van der Waals surface area contributed by atoms with E-state index in [2.05, 4.69) is 4.98 Å². The highest BCUT2D eigenvalue weighted by Crippen LogP contribution is 2.28. The van der Waals surface area contributed by atoms with Gasteiger partial charge < -0.3 is 4.74 Å². The number of benzene rings is 1. The van der Waals surface area contributed by atoms with Crippen molar-refractivity contribution in [2.45, 2.75) is 38.5 Å². The van der Waals surface area contributed by atoms with E-state index < -0.39 is 10.0 Å². The van der Waals surface area contributed by atoms with Crippen LogP contribution in [-0.2, 0) is 10.0 Å². The van der Waals surface area contributed by atoms with Gasteiger partial charge in [-0.15, -0.1) is 0 Å². The third kappa shape index (κ3) is 2.95. The van der Waals surface area contributed by atoms with Crippen molar-refractivity contribution >= 4 is 10.0 Å². The maximum atomic E-state index is 12.9. The Morgan fingerprint density at radius 2 is 2.05 bits per heavy atom. The molecule has 0 aliphatic heterocycles. The van der Waals surface area contributed by atoms with Crippen LogP contribution in [0.2, 0.25) is 0 Å². The van der Waals surface area contributed by atoms with Crippen molar-refractivity contribution in [3.05, 3.63) is 42.0 Å². The van der Waals surface area contributed by atoms with E-state index in [-0.39, 0.29) is 10.8 Å². The molecule has 0 spiro atoms. The topological polar surface area (TPSA) is 61.2 Å². The first-order valence-corrected chi connectivity index (χ1v) is 8.34. The van der Waals surface area contributed by atoms with Crippen molar-refractivity contribution in [1.29, 1.82) is 0 Å². The quantitative estimate of drug-likeness (QED) is 0.852. The van der Waals surface area contributed by atoms with Crippen LogP contribution in [0.3, 0.4) is 0 Å². The molecule has 5 nitrogen and oxygen atoms in total. The van der Waals surface area contributed by atoms with Crippen molar-refractivity contribution in [1.82, 2.24) is 8.96 Å². The maximum Gasteiger partial charge on any atom is 0.272 e. The summed E-state index contributed by atoms with van der Waals surface area (Å²) >= 11 is 0. The number of hydrogen-bond donors (Lipinski definition) is 0. The number of aromatic nitrogens is 2. The minimum atomic E-state index is -3.72. The number of nitrogens with zero attached hydrogens (tertiary/aromatic N) is 2. The second-order valence-corrected chi connectivity index (χ2v) is 6.91. The summed E-state index contributed by atoms with van der Waals surface area (Å²) < 4.78 is 32.5. The zero-order chi connectivity index (χ0) is 15.6. The molecule has 2 aromatic rings. The molecule has 6 heteroatoms. The second-order valence-electron chi connectivity index (χ2n) is 5.12. The van der Waals surface area contributed by atoms with Gasteiger partial charge in [-0.3, -0.25) is 0 Å². The molecule has 0 fully saturated rings. The minimum Gasteiger partial charge on any atom is -0.492 e. The van der Waals surface area contributed by atoms with Crippen LogP contribution in [0.15, 0.2) is 35.5 Å². The lowest BCUT2D eigenvalue weighted by molar-refractivity contribution is 0.331. The number of rotatable bonds is 5. The molecule has 0 aliphatic carbocycles. The van der Waals surface area contributed by atoms with E-state index in [4.69, 9.17) is 4.74 Å².